The zero-order valence-corrected chi connectivity index (χ0v) is 12.1. The number of likely N-dealkylation sites (N-methyl/N-ethyl adjacent to an activating group) is 1. The number of carbonyl (C=O) groups excluding carboxylic acids is 1. The maximum Gasteiger partial charge on any atom is 0.324 e. The fraction of sp³-hybridized carbons (Fsp3) is 0.571. The zero-order chi connectivity index (χ0) is 14.4. The van der Waals surface area contributed by atoms with Gasteiger partial charge in [-0.15, -0.1) is 0 Å². The monoisotopic (exact) mass is 278 g/mol. The van der Waals surface area contributed by atoms with Gasteiger partial charge in [0.05, 0.1) is 7.11 Å². The Morgan fingerprint density at radius 1 is 1.40 bits per heavy atom. The van der Waals surface area contributed by atoms with Crippen molar-refractivity contribution in [2.24, 2.45) is 0 Å². The number of nitrogens with zero attached hydrogens (tertiary/aromatic N) is 3. The molecule has 0 radical (unpaired) electrons. The second-order valence-corrected chi connectivity index (χ2v) is 4.84. The Balaban J connectivity index is 1.84. The van der Waals surface area contributed by atoms with Crippen LogP contribution in [0.4, 0.5) is 5.82 Å². The van der Waals surface area contributed by atoms with Gasteiger partial charge in [-0.2, -0.15) is 0 Å². The van der Waals surface area contributed by atoms with Crippen molar-refractivity contribution < 1.29 is 9.53 Å². The Hall–Kier alpha value is -1.66. The van der Waals surface area contributed by atoms with Crippen molar-refractivity contribution in [2.45, 2.75) is 6.04 Å². The molecule has 0 aromatic carbocycles. The third-order valence-electron chi connectivity index (χ3n) is 3.62. The van der Waals surface area contributed by atoms with Gasteiger partial charge >= 0.3 is 5.97 Å². The predicted octanol–water partition coefficient (Wildman–Crippen LogP) is -0.0354. The van der Waals surface area contributed by atoms with Crippen molar-refractivity contribution in [3.8, 4) is 0 Å². The van der Waals surface area contributed by atoms with Crippen molar-refractivity contribution in [1.29, 1.82) is 0 Å². The highest BCUT2D eigenvalue weighted by molar-refractivity contribution is 5.75. The lowest BCUT2D eigenvalue weighted by atomic mass is 10.2. The van der Waals surface area contributed by atoms with Crippen molar-refractivity contribution in [2.75, 3.05) is 51.8 Å². The molecule has 1 fully saturated rings. The number of ether oxygens (including phenoxy) is 1. The summed E-state index contributed by atoms with van der Waals surface area (Å²) in [5.74, 6) is 0.810. The number of hydrogen-bond donors (Lipinski definition) is 1. The number of rotatable bonds is 5. The summed E-state index contributed by atoms with van der Waals surface area (Å²) in [6.45, 7) is 4.37. The van der Waals surface area contributed by atoms with E-state index in [0.717, 1.165) is 32.0 Å². The van der Waals surface area contributed by atoms with E-state index in [9.17, 15) is 4.79 Å². The summed E-state index contributed by atoms with van der Waals surface area (Å²) in [7, 11) is 3.21. The van der Waals surface area contributed by atoms with E-state index in [-0.39, 0.29) is 12.0 Å². The molecular weight excluding hydrogens is 256 g/mol. The molecule has 6 nitrogen and oxygen atoms in total. The Labute approximate surface area is 119 Å². The molecule has 0 spiro atoms. The second kappa shape index (κ2) is 7.21. The number of esters is 1. The summed E-state index contributed by atoms with van der Waals surface area (Å²) in [5, 5.41) is 3.00. The van der Waals surface area contributed by atoms with E-state index in [1.807, 2.05) is 24.4 Å². The number of anilines is 1. The van der Waals surface area contributed by atoms with E-state index in [2.05, 4.69) is 20.1 Å². The number of piperazine rings is 1. The van der Waals surface area contributed by atoms with Gasteiger partial charge in [-0.25, -0.2) is 4.98 Å². The molecule has 1 aromatic rings. The fourth-order valence-corrected chi connectivity index (χ4v) is 2.38. The number of hydrogen-bond acceptors (Lipinski definition) is 6. The van der Waals surface area contributed by atoms with Crippen LogP contribution in [-0.2, 0) is 9.53 Å². The van der Waals surface area contributed by atoms with Crippen LogP contribution in [0.25, 0.3) is 0 Å². The molecule has 1 aromatic heterocycles. The molecule has 2 rings (SSSR count). The molecule has 1 saturated heterocycles. The van der Waals surface area contributed by atoms with E-state index in [1.54, 1.807) is 7.05 Å². The molecule has 1 N–H and O–H groups in total. The molecule has 20 heavy (non-hydrogen) atoms. The van der Waals surface area contributed by atoms with Crippen LogP contribution in [0, 0.1) is 0 Å². The first-order chi connectivity index (χ1) is 9.74. The lowest BCUT2D eigenvalue weighted by molar-refractivity contribution is -0.143. The summed E-state index contributed by atoms with van der Waals surface area (Å²) in [4.78, 5) is 20.5. The molecule has 1 aliphatic rings. The van der Waals surface area contributed by atoms with Crippen molar-refractivity contribution in [3.05, 3.63) is 24.4 Å². The third-order valence-corrected chi connectivity index (χ3v) is 3.62. The van der Waals surface area contributed by atoms with Crippen molar-refractivity contribution in [1.82, 2.24) is 15.2 Å². The summed E-state index contributed by atoms with van der Waals surface area (Å²) >= 11 is 0. The Morgan fingerprint density at radius 3 is 2.70 bits per heavy atom. The minimum atomic E-state index is -0.263. The maximum atomic E-state index is 11.6. The number of pyridine rings is 1. The smallest absolute Gasteiger partial charge is 0.324 e. The highest BCUT2D eigenvalue weighted by Gasteiger charge is 2.24. The van der Waals surface area contributed by atoms with E-state index in [0.29, 0.717) is 6.54 Å². The SMILES string of the molecule is CNC(CN1CCN(c2ccccn2)CC1)C(=O)OC. The largest absolute Gasteiger partial charge is 0.468 e. The third kappa shape index (κ3) is 3.68. The van der Waals surface area contributed by atoms with E-state index in [4.69, 9.17) is 4.74 Å². The summed E-state index contributed by atoms with van der Waals surface area (Å²) in [6.07, 6.45) is 1.82. The first-order valence-corrected chi connectivity index (χ1v) is 6.88. The van der Waals surface area contributed by atoms with E-state index in [1.165, 1.54) is 7.11 Å². The quantitative estimate of drug-likeness (QED) is 0.763. The van der Waals surface area contributed by atoms with Crippen LogP contribution in [-0.4, -0.2) is 68.8 Å². The fourth-order valence-electron chi connectivity index (χ4n) is 2.38. The highest BCUT2D eigenvalue weighted by atomic mass is 16.5. The Kier molecular flexibility index (Phi) is 5.31. The van der Waals surface area contributed by atoms with E-state index >= 15 is 0 Å². The van der Waals surface area contributed by atoms with Crippen LogP contribution in [0.15, 0.2) is 24.4 Å². The van der Waals surface area contributed by atoms with E-state index < -0.39 is 0 Å². The van der Waals surface area contributed by atoms with Crippen molar-refractivity contribution in [3.63, 3.8) is 0 Å². The Morgan fingerprint density at radius 2 is 2.15 bits per heavy atom. The number of methoxy groups -OCH3 is 1. The average Bonchev–Trinajstić information content (AvgIpc) is 2.53. The van der Waals surface area contributed by atoms with Crippen LogP contribution < -0.4 is 10.2 Å². The van der Waals surface area contributed by atoms with Gasteiger partial charge in [-0.05, 0) is 19.2 Å². The first-order valence-electron chi connectivity index (χ1n) is 6.88. The molecule has 1 unspecified atom stereocenters. The lowest BCUT2D eigenvalue weighted by Gasteiger charge is -2.36. The normalized spacial score (nSPS) is 17.8. The summed E-state index contributed by atoms with van der Waals surface area (Å²) < 4.78 is 4.79. The van der Waals surface area contributed by atoms with Crippen LogP contribution in [0.5, 0.6) is 0 Å². The predicted molar refractivity (Wildman–Crippen MR) is 77.8 cm³/mol. The maximum absolute atomic E-state index is 11.6. The van der Waals surface area contributed by atoms with Gasteiger partial charge in [-0.3, -0.25) is 9.69 Å². The molecular formula is C14H22N4O2. The van der Waals surface area contributed by atoms with Gasteiger partial charge in [0.1, 0.15) is 11.9 Å². The van der Waals surface area contributed by atoms with Gasteiger partial charge in [0.25, 0.3) is 0 Å². The number of nitrogens with one attached hydrogen (secondary N) is 1. The van der Waals surface area contributed by atoms with Gasteiger partial charge in [0.15, 0.2) is 0 Å². The molecule has 0 amide bonds. The molecule has 0 saturated carbocycles. The van der Waals surface area contributed by atoms with Gasteiger partial charge < -0.3 is 15.0 Å². The first kappa shape index (κ1) is 14.7. The van der Waals surface area contributed by atoms with Gasteiger partial charge in [-0.1, -0.05) is 6.07 Å². The van der Waals surface area contributed by atoms with Crippen LogP contribution in [0.2, 0.25) is 0 Å². The average molecular weight is 278 g/mol. The standard InChI is InChI=1S/C14H22N4O2/c1-15-12(14(19)20-2)11-17-7-9-18(10-8-17)13-5-3-4-6-16-13/h3-6,12,15H,7-11H2,1-2H3. The summed E-state index contributed by atoms with van der Waals surface area (Å²) in [5.41, 5.74) is 0. The van der Waals surface area contributed by atoms with Crippen LogP contribution in [0.1, 0.15) is 0 Å². The number of carbonyl (C=O) groups is 1. The topological polar surface area (TPSA) is 57.7 Å². The summed E-state index contributed by atoms with van der Waals surface area (Å²) in [6, 6.07) is 5.69. The Bertz CT molecular complexity index is 418. The second-order valence-electron chi connectivity index (χ2n) is 4.84. The van der Waals surface area contributed by atoms with Crippen LogP contribution >= 0.6 is 0 Å². The molecule has 110 valence electrons. The molecule has 1 atom stereocenters. The van der Waals surface area contributed by atoms with Gasteiger partial charge in [0, 0.05) is 38.9 Å². The molecule has 6 heteroatoms. The molecule has 0 bridgehead atoms. The molecule has 0 aliphatic carbocycles. The molecule has 1 aliphatic heterocycles. The lowest BCUT2D eigenvalue weighted by Crippen LogP contribution is -2.52. The van der Waals surface area contributed by atoms with Crippen molar-refractivity contribution >= 4 is 11.8 Å². The van der Waals surface area contributed by atoms with Gasteiger partial charge in [0.2, 0.25) is 0 Å². The number of aromatic nitrogens is 1. The van der Waals surface area contributed by atoms with Crippen LogP contribution in [0.3, 0.4) is 0 Å². The zero-order valence-electron chi connectivity index (χ0n) is 12.1. The minimum Gasteiger partial charge on any atom is -0.468 e. The highest BCUT2D eigenvalue weighted by Crippen LogP contribution is 2.12. The minimum absolute atomic E-state index is 0.209. The molecule has 2 heterocycles.